The van der Waals surface area contributed by atoms with Gasteiger partial charge in [-0.3, -0.25) is 4.79 Å². The molecular formula is C20H15N5O3. The van der Waals surface area contributed by atoms with Crippen LogP contribution in [0.25, 0.3) is 0 Å². The van der Waals surface area contributed by atoms with E-state index in [0.717, 1.165) is 0 Å². The Labute approximate surface area is 160 Å². The average molecular weight is 373 g/mol. The fraction of sp³-hybridized carbons (Fsp3) is 0.0500. The molecule has 0 aliphatic carbocycles. The van der Waals surface area contributed by atoms with Gasteiger partial charge in [-0.25, -0.2) is 14.8 Å². The lowest BCUT2D eigenvalue weighted by atomic mass is 10.2. The maximum Gasteiger partial charge on any atom is 0.337 e. The second-order valence-electron chi connectivity index (χ2n) is 5.60. The predicted molar refractivity (Wildman–Crippen MR) is 102 cm³/mol. The Hall–Kier alpha value is -4.25. The Balaban J connectivity index is 1.70. The molecule has 0 bridgehead atoms. The number of carbonyl (C=O) groups is 2. The van der Waals surface area contributed by atoms with Gasteiger partial charge in [-0.05, 0) is 30.3 Å². The summed E-state index contributed by atoms with van der Waals surface area (Å²) in [5.74, 6) is -0.575. The first kappa shape index (κ1) is 18.5. The molecule has 0 saturated carbocycles. The van der Waals surface area contributed by atoms with E-state index in [9.17, 15) is 9.59 Å². The highest BCUT2D eigenvalue weighted by Gasteiger charge is 2.11. The van der Waals surface area contributed by atoms with Gasteiger partial charge in [0.25, 0.3) is 5.91 Å². The normalized spacial score (nSPS) is 9.86. The minimum atomic E-state index is -0.496. The first-order valence-corrected chi connectivity index (χ1v) is 8.18. The summed E-state index contributed by atoms with van der Waals surface area (Å²) in [6, 6.07) is 15.4. The van der Waals surface area contributed by atoms with E-state index in [4.69, 9.17) is 5.26 Å². The largest absolute Gasteiger partial charge is 0.465 e. The third-order valence-corrected chi connectivity index (χ3v) is 3.74. The summed E-state index contributed by atoms with van der Waals surface area (Å²) in [5.41, 5.74) is 1.91. The van der Waals surface area contributed by atoms with Crippen molar-refractivity contribution in [3.8, 4) is 6.07 Å². The van der Waals surface area contributed by atoms with Crippen LogP contribution in [0.4, 0.5) is 17.2 Å². The number of esters is 1. The van der Waals surface area contributed by atoms with Gasteiger partial charge < -0.3 is 15.4 Å². The molecular weight excluding hydrogens is 358 g/mol. The summed E-state index contributed by atoms with van der Waals surface area (Å²) in [5, 5.41) is 14.8. The highest BCUT2D eigenvalue weighted by molar-refractivity contribution is 6.03. The molecule has 138 valence electrons. The zero-order valence-electron chi connectivity index (χ0n) is 14.8. The molecule has 1 aromatic heterocycles. The zero-order chi connectivity index (χ0) is 19.9. The van der Waals surface area contributed by atoms with Gasteiger partial charge in [0.2, 0.25) is 0 Å². The Morgan fingerprint density at radius 1 is 1.07 bits per heavy atom. The van der Waals surface area contributed by atoms with Crippen molar-refractivity contribution in [2.24, 2.45) is 0 Å². The number of hydrogen-bond acceptors (Lipinski definition) is 7. The van der Waals surface area contributed by atoms with Crippen molar-refractivity contribution >= 4 is 29.1 Å². The topological polar surface area (TPSA) is 117 Å². The van der Waals surface area contributed by atoms with Gasteiger partial charge in [0, 0.05) is 5.69 Å². The van der Waals surface area contributed by atoms with Gasteiger partial charge in [-0.15, -0.1) is 0 Å². The monoisotopic (exact) mass is 373 g/mol. The fourth-order valence-electron chi connectivity index (χ4n) is 2.37. The van der Waals surface area contributed by atoms with Crippen molar-refractivity contribution in [2.75, 3.05) is 17.7 Å². The Morgan fingerprint density at radius 3 is 2.61 bits per heavy atom. The number of carbonyl (C=O) groups excluding carboxylic acids is 2. The lowest BCUT2D eigenvalue weighted by molar-refractivity contribution is 0.0600. The summed E-state index contributed by atoms with van der Waals surface area (Å²) in [6.07, 6.45) is 2.71. The number of hydrogen-bond donors (Lipinski definition) is 2. The van der Waals surface area contributed by atoms with Crippen molar-refractivity contribution in [1.29, 1.82) is 5.26 Å². The minimum Gasteiger partial charge on any atom is -0.465 e. The van der Waals surface area contributed by atoms with Gasteiger partial charge in [0.15, 0.2) is 0 Å². The van der Waals surface area contributed by atoms with E-state index in [-0.39, 0.29) is 5.69 Å². The molecule has 0 atom stereocenters. The number of nitrogens with one attached hydrogen (secondary N) is 2. The maximum absolute atomic E-state index is 12.3. The van der Waals surface area contributed by atoms with Gasteiger partial charge >= 0.3 is 5.97 Å². The number of amides is 1. The van der Waals surface area contributed by atoms with E-state index in [2.05, 4.69) is 31.4 Å². The lowest BCUT2D eigenvalue weighted by Crippen LogP contribution is -2.14. The molecule has 3 rings (SSSR count). The molecule has 8 nitrogen and oxygen atoms in total. The van der Waals surface area contributed by atoms with Crippen LogP contribution in [0.2, 0.25) is 0 Å². The molecule has 0 fully saturated rings. The van der Waals surface area contributed by atoms with E-state index in [1.165, 1.54) is 25.6 Å². The molecule has 0 radical (unpaired) electrons. The molecule has 1 heterocycles. The highest BCUT2D eigenvalue weighted by Crippen LogP contribution is 2.18. The lowest BCUT2D eigenvalue weighted by Gasteiger charge is -2.08. The predicted octanol–water partition coefficient (Wildman–Crippen LogP) is 3.13. The van der Waals surface area contributed by atoms with Crippen molar-refractivity contribution in [1.82, 2.24) is 9.97 Å². The van der Waals surface area contributed by atoms with E-state index < -0.39 is 11.9 Å². The second-order valence-corrected chi connectivity index (χ2v) is 5.60. The molecule has 0 spiro atoms. The summed E-state index contributed by atoms with van der Waals surface area (Å²) in [6.45, 7) is 0. The zero-order valence-corrected chi connectivity index (χ0v) is 14.8. The van der Waals surface area contributed by atoms with E-state index in [1.807, 2.05) is 0 Å². The van der Waals surface area contributed by atoms with Crippen LogP contribution < -0.4 is 10.6 Å². The third kappa shape index (κ3) is 4.28. The molecule has 2 aromatic carbocycles. The van der Waals surface area contributed by atoms with Gasteiger partial charge in [0.1, 0.15) is 17.6 Å². The smallest absolute Gasteiger partial charge is 0.337 e. The van der Waals surface area contributed by atoms with Crippen LogP contribution in [0.15, 0.2) is 60.9 Å². The first-order valence-electron chi connectivity index (χ1n) is 8.18. The molecule has 28 heavy (non-hydrogen) atoms. The standard InChI is InChI=1S/C20H15N5O3/c1-28-20(27)13-6-4-7-15(9-13)24-19(26)17-11-23-18(12-22-17)25-16-8-3-2-5-14(16)10-21/h2-9,11-12H,1H3,(H,23,25)(H,24,26). The summed E-state index contributed by atoms with van der Waals surface area (Å²) < 4.78 is 4.66. The van der Waals surface area contributed by atoms with Gasteiger partial charge in [-0.1, -0.05) is 18.2 Å². The van der Waals surface area contributed by atoms with Crippen LogP contribution in [0, 0.1) is 11.3 Å². The van der Waals surface area contributed by atoms with Crippen LogP contribution in [0.5, 0.6) is 0 Å². The van der Waals surface area contributed by atoms with Crippen molar-refractivity contribution in [3.63, 3.8) is 0 Å². The maximum atomic E-state index is 12.3. The summed E-state index contributed by atoms with van der Waals surface area (Å²) in [4.78, 5) is 32.2. The molecule has 1 amide bonds. The SMILES string of the molecule is COC(=O)c1cccc(NC(=O)c2cnc(Nc3ccccc3C#N)cn2)c1. The number of nitriles is 1. The fourth-order valence-corrected chi connectivity index (χ4v) is 2.37. The number of para-hydroxylation sites is 1. The number of nitrogens with zero attached hydrogens (tertiary/aromatic N) is 3. The molecule has 8 heteroatoms. The van der Waals surface area contributed by atoms with Crippen molar-refractivity contribution in [2.45, 2.75) is 0 Å². The highest BCUT2D eigenvalue weighted by atomic mass is 16.5. The number of rotatable bonds is 5. The van der Waals surface area contributed by atoms with E-state index >= 15 is 0 Å². The van der Waals surface area contributed by atoms with Crippen LogP contribution in [-0.2, 0) is 4.74 Å². The van der Waals surface area contributed by atoms with Crippen LogP contribution in [-0.4, -0.2) is 29.0 Å². The Morgan fingerprint density at radius 2 is 1.89 bits per heavy atom. The average Bonchev–Trinajstić information content (AvgIpc) is 2.74. The number of benzene rings is 2. The molecule has 0 aliphatic rings. The minimum absolute atomic E-state index is 0.0996. The molecule has 0 saturated heterocycles. The van der Waals surface area contributed by atoms with E-state index in [1.54, 1.807) is 42.5 Å². The quantitative estimate of drug-likeness (QED) is 0.660. The van der Waals surface area contributed by atoms with Crippen molar-refractivity contribution < 1.29 is 14.3 Å². The summed E-state index contributed by atoms with van der Waals surface area (Å²) in [7, 11) is 1.29. The van der Waals surface area contributed by atoms with Crippen LogP contribution >= 0.6 is 0 Å². The number of methoxy groups -OCH3 is 1. The Bertz CT molecular complexity index is 1060. The van der Waals surface area contributed by atoms with Gasteiger partial charge in [0.05, 0.1) is 36.3 Å². The number of aromatic nitrogens is 2. The van der Waals surface area contributed by atoms with Gasteiger partial charge in [-0.2, -0.15) is 5.26 Å². The summed E-state index contributed by atoms with van der Waals surface area (Å²) >= 11 is 0. The second kappa shape index (κ2) is 8.42. The first-order chi connectivity index (χ1) is 13.6. The third-order valence-electron chi connectivity index (χ3n) is 3.74. The Kier molecular flexibility index (Phi) is 5.58. The molecule has 0 aliphatic heterocycles. The van der Waals surface area contributed by atoms with Crippen LogP contribution in [0.3, 0.4) is 0 Å². The molecule has 3 aromatic rings. The molecule has 2 N–H and O–H groups in total. The van der Waals surface area contributed by atoms with Crippen molar-refractivity contribution in [3.05, 3.63) is 77.7 Å². The molecule has 0 unspecified atom stereocenters. The van der Waals surface area contributed by atoms with E-state index in [0.29, 0.717) is 28.3 Å². The number of anilines is 3. The number of ether oxygens (including phenoxy) is 1. The van der Waals surface area contributed by atoms with Crippen LogP contribution in [0.1, 0.15) is 26.4 Å².